The Morgan fingerprint density at radius 2 is 1.73 bits per heavy atom. The molecule has 22 heavy (non-hydrogen) atoms. The van der Waals surface area contributed by atoms with Crippen molar-refractivity contribution in [1.82, 2.24) is 16.2 Å². The Morgan fingerprint density at radius 3 is 2.23 bits per heavy atom. The van der Waals surface area contributed by atoms with Crippen LogP contribution in [-0.2, 0) is 4.79 Å². The zero-order chi connectivity index (χ0) is 16.7. The number of hydrazine groups is 1. The summed E-state index contributed by atoms with van der Waals surface area (Å²) in [5.41, 5.74) is 6.94. The van der Waals surface area contributed by atoms with Crippen LogP contribution in [0.2, 0.25) is 0 Å². The largest absolute Gasteiger partial charge is 0.378 e. The molecule has 0 aliphatic carbocycles. The van der Waals surface area contributed by atoms with Crippen LogP contribution in [0, 0.1) is 0 Å². The Morgan fingerprint density at radius 1 is 1.14 bits per heavy atom. The molecule has 6 nitrogen and oxygen atoms in total. The van der Waals surface area contributed by atoms with Gasteiger partial charge >= 0.3 is 0 Å². The molecule has 1 aromatic rings. The van der Waals surface area contributed by atoms with E-state index in [1.54, 1.807) is 32.1 Å². The number of allylic oxidation sites excluding steroid dienone is 1. The second kappa shape index (κ2) is 8.14. The van der Waals surface area contributed by atoms with Crippen molar-refractivity contribution in [2.75, 3.05) is 19.0 Å². The molecule has 0 spiro atoms. The number of hydrogen-bond donors (Lipinski definition) is 3. The fourth-order valence-corrected chi connectivity index (χ4v) is 1.60. The van der Waals surface area contributed by atoms with Gasteiger partial charge in [-0.1, -0.05) is 6.08 Å². The monoisotopic (exact) mass is 320 g/mol. The number of benzene rings is 1. The number of rotatable bonds is 3. The summed E-state index contributed by atoms with van der Waals surface area (Å²) in [7, 11) is 3.84. The zero-order valence-corrected chi connectivity index (χ0v) is 13.9. The van der Waals surface area contributed by atoms with Gasteiger partial charge in [-0.05, 0) is 50.3 Å². The number of nitrogens with zero attached hydrogens (tertiary/aromatic N) is 1. The molecular formula is C15H20N4O2S. The van der Waals surface area contributed by atoms with E-state index in [4.69, 9.17) is 12.2 Å². The quantitative estimate of drug-likeness (QED) is 0.445. The minimum atomic E-state index is -0.343. The third kappa shape index (κ3) is 5.17. The van der Waals surface area contributed by atoms with E-state index in [2.05, 4.69) is 16.2 Å². The molecule has 3 N–H and O–H groups in total. The van der Waals surface area contributed by atoms with Crippen molar-refractivity contribution in [3.8, 4) is 0 Å². The van der Waals surface area contributed by atoms with Crippen LogP contribution in [0.3, 0.4) is 0 Å². The van der Waals surface area contributed by atoms with Gasteiger partial charge in [0.25, 0.3) is 11.8 Å². The Hall–Kier alpha value is -2.41. The lowest BCUT2D eigenvalue weighted by Gasteiger charge is -2.13. The normalized spacial score (nSPS) is 10.6. The van der Waals surface area contributed by atoms with E-state index in [9.17, 15) is 9.59 Å². The number of hydrogen-bond acceptors (Lipinski definition) is 4. The number of carbonyl (C=O) groups is 2. The highest BCUT2D eigenvalue weighted by Gasteiger charge is 2.08. The van der Waals surface area contributed by atoms with Crippen LogP contribution in [0.25, 0.3) is 0 Å². The maximum absolute atomic E-state index is 11.9. The lowest BCUT2D eigenvalue weighted by Crippen LogP contribution is -2.48. The number of carbonyl (C=O) groups excluding carboxylic acids is 2. The summed E-state index contributed by atoms with van der Waals surface area (Å²) in [6.45, 7) is 3.42. The third-order valence-corrected chi connectivity index (χ3v) is 3.16. The van der Waals surface area contributed by atoms with Gasteiger partial charge in [0.2, 0.25) is 0 Å². The first-order valence-corrected chi connectivity index (χ1v) is 7.08. The Labute approximate surface area is 135 Å². The average molecular weight is 320 g/mol. The van der Waals surface area contributed by atoms with Crippen LogP contribution < -0.4 is 21.1 Å². The lowest BCUT2D eigenvalue weighted by molar-refractivity contribution is -0.116. The number of nitrogens with one attached hydrogen (secondary N) is 3. The Balaban J connectivity index is 2.52. The molecule has 1 aromatic carbocycles. The summed E-state index contributed by atoms with van der Waals surface area (Å²) in [6.07, 6.45) is 1.67. The minimum absolute atomic E-state index is 0.0319. The SMILES string of the molecule is CC=C(C)C(=O)NC(=S)NNC(=O)c1ccc(N(C)C)cc1. The maximum atomic E-state index is 11.9. The number of thiocarbonyl (C=S) groups is 1. The standard InChI is InChI=1S/C15H20N4O2S/c1-5-10(2)13(20)16-15(22)18-17-14(21)11-6-8-12(9-7-11)19(3)4/h5-9H,1-4H3,(H,17,21)(H2,16,18,20,22). The Kier molecular flexibility index (Phi) is 6.52. The van der Waals surface area contributed by atoms with Crippen molar-refractivity contribution < 1.29 is 9.59 Å². The molecule has 7 heteroatoms. The van der Waals surface area contributed by atoms with Gasteiger partial charge in [-0.25, -0.2) is 0 Å². The fraction of sp³-hybridized carbons (Fsp3) is 0.267. The van der Waals surface area contributed by atoms with E-state index >= 15 is 0 Å². The molecular weight excluding hydrogens is 300 g/mol. The van der Waals surface area contributed by atoms with Crippen molar-refractivity contribution in [3.05, 3.63) is 41.5 Å². The van der Waals surface area contributed by atoms with Crippen molar-refractivity contribution in [1.29, 1.82) is 0 Å². The highest BCUT2D eigenvalue weighted by atomic mass is 32.1. The van der Waals surface area contributed by atoms with E-state index in [1.165, 1.54) is 0 Å². The molecule has 0 aliphatic rings. The molecule has 0 radical (unpaired) electrons. The van der Waals surface area contributed by atoms with Crippen molar-refractivity contribution >= 4 is 34.8 Å². The smallest absolute Gasteiger partial charge is 0.269 e. The molecule has 0 aliphatic heterocycles. The summed E-state index contributed by atoms with van der Waals surface area (Å²) in [4.78, 5) is 25.5. The van der Waals surface area contributed by atoms with Crippen LogP contribution in [0.1, 0.15) is 24.2 Å². The van der Waals surface area contributed by atoms with E-state index < -0.39 is 0 Å². The first-order chi connectivity index (χ1) is 10.3. The van der Waals surface area contributed by atoms with Crippen molar-refractivity contribution in [3.63, 3.8) is 0 Å². The molecule has 0 atom stereocenters. The third-order valence-electron chi connectivity index (χ3n) is 2.95. The van der Waals surface area contributed by atoms with Crippen molar-refractivity contribution in [2.45, 2.75) is 13.8 Å². The molecule has 0 heterocycles. The van der Waals surface area contributed by atoms with Crippen LogP contribution in [-0.4, -0.2) is 31.0 Å². The van der Waals surface area contributed by atoms with Gasteiger partial charge in [-0.15, -0.1) is 0 Å². The number of amides is 2. The molecule has 0 aromatic heterocycles. The van der Waals surface area contributed by atoms with E-state index in [1.807, 2.05) is 31.1 Å². The van der Waals surface area contributed by atoms with E-state index in [0.717, 1.165) is 5.69 Å². The van der Waals surface area contributed by atoms with Gasteiger partial charge in [0.05, 0.1) is 0 Å². The molecule has 118 valence electrons. The first kappa shape index (κ1) is 17.6. The molecule has 0 saturated carbocycles. The molecule has 0 unspecified atom stereocenters. The average Bonchev–Trinajstić information content (AvgIpc) is 2.51. The fourth-order valence-electron chi connectivity index (χ4n) is 1.46. The molecule has 0 saturated heterocycles. The Bertz CT molecular complexity index is 594. The van der Waals surface area contributed by atoms with E-state index in [0.29, 0.717) is 11.1 Å². The summed E-state index contributed by atoms with van der Waals surface area (Å²) >= 11 is 4.93. The highest BCUT2D eigenvalue weighted by Crippen LogP contribution is 2.11. The number of anilines is 1. The second-order valence-electron chi connectivity index (χ2n) is 4.78. The van der Waals surface area contributed by atoms with Crippen LogP contribution in [0.15, 0.2) is 35.9 Å². The van der Waals surface area contributed by atoms with Gasteiger partial charge in [0.1, 0.15) is 0 Å². The summed E-state index contributed by atoms with van der Waals surface area (Å²) in [5, 5.41) is 2.49. The maximum Gasteiger partial charge on any atom is 0.269 e. The minimum Gasteiger partial charge on any atom is -0.378 e. The van der Waals surface area contributed by atoms with E-state index in [-0.39, 0.29) is 16.9 Å². The van der Waals surface area contributed by atoms with Crippen LogP contribution in [0.5, 0.6) is 0 Å². The van der Waals surface area contributed by atoms with Gasteiger partial charge in [-0.3, -0.25) is 25.8 Å². The predicted octanol–water partition coefficient (Wildman–Crippen LogP) is 1.35. The molecule has 2 amide bonds. The molecule has 0 bridgehead atoms. The molecule has 0 fully saturated rings. The summed E-state index contributed by atoms with van der Waals surface area (Å²) in [6, 6.07) is 7.09. The first-order valence-electron chi connectivity index (χ1n) is 6.67. The molecule has 1 rings (SSSR count). The van der Waals surface area contributed by atoms with Crippen LogP contribution in [0.4, 0.5) is 5.69 Å². The lowest BCUT2D eigenvalue weighted by atomic mass is 10.2. The summed E-state index contributed by atoms with van der Waals surface area (Å²) in [5.74, 6) is -0.658. The van der Waals surface area contributed by atoms with Gasteiger partial charge < -0.3 is 4.90 Å². The zero-order valence-electron chi connectivity index (χ0n) is 13.1. The summed E-state index contributed by atoms with van der Waals surface area (Å²) < 4.78 is 0. The topological polar surface area (TPSA) is 73.5 Å². The van der Waals surface area contributed by atoms with Gasteiger partial charge in [-0.2, -0.15) is 0 Å². The second-order valence-corrected chi connectivity index (χ2v) is 5.18. The highest BCUT2D eigenvalue weighted by molar-refractivity contribution is 7.80. The van der Waals surface area contributed by atoms with Gasteiger partial charge in [0, 0.05) is 30.9 Å². The van der Waals surface area contributed by atoms with Crippen molar-refractivity contribution in [2.24, 2.45) is 0 Å². The predicted molar refractivity (Wildman–Crippen MR) is 91.5 cm³/mol. The van der Waals surface area contributed by atoms with Crippen LogP contribution >= 0.6 is 12.2 Å². The van der Waals surface area contributed by atoms with Gasteiger partial charge in [0.15, 0.2) is 5.11 Å².